The SMILES string of the molecule is CCCCc1nc2c(N)nc3ccccc3c2n1Cc1ccc(CN2C(=O)CCCCCCCCC/C=C(\C)CCC2(C)C)cc1. The Bertz CT molecular complexity index is 1630. The quantitative estimate of drug-likeness (QED) is 0.208. The third kappa shape index (κ3) is 8.37. The first-order valence-corrected chi connectivity index (χ1v) is 17.8. The molecule has 1 amide bonds. The fourth-order valence-corrected chi connectivity index (χ4v) is 6.88. The van der Waals surface area contributed by atoms with Gasteiger partial charge in [0.2, 0.25) is 5.91 Å². The van der Waals surface area contributed by atoms with Crippen LogP contribution in [0.4, 0.5) is 5.82 Å². The molecule has 0 saturated heterocycles. The van der Waals surface area contributed by atoms with E-state index < -0.39 is 0 Å². The Balaban J connectivity index is 1.39. The molecule has 0 aliphatic carbocycles. The zero-order valence-electron chi connectivity index (χ0n) is 28.8. The van der Waals surface area contributed by atoms with Crippen LogP contribution in [0.3, 0.4) is 0 Å². The molecule has 3 heterocycles. The Morgan fingerprint density at radius 3 is 2.26 bits per heavy atom. The van der Waals surface area contributed by atoms with Crippen molar-refractivity contribution in [3.63, 3.8) is 0 Å². The molecule has 246 valence electrons. The molecule has 1 aliphatic rings. The third-order valence-electron chi connectivity index (χ3n) is 9.90. The van der Waals surface area contributed by atoms with Crippen molar-refractivity contribution in [1.82, 2.24) is 19.4 Å². The fourth-order valence-electron chi connectivity index (χ4n) is 6.88. The number of nitrogen functional groups attached to an aromatic ring is 1. The lowest BCUT2D eigenvalue weighted by Crippen LogP contribution is -2.47. The monoisotopic (exact) mass is 621 g/mol. The number of unbranched alkanes of at least 4 members (excludes halogenated alkanes) is 1. The van der Waals surface area contributed by atoms with E-state index in [1.807, 2.05) is 12.1 Å². The van der Waals surface area contributed by atoms with Gasteiger partial charge in [0, 0.05) is 36.9 Å². The molecule has 0 spiro atoms. The number of fused-ring (bicyclic) bond motifs is 3. The second-order valence-corrected chi connectivity index (χ2v) is 14.1. The molecule has 0 atom stereocenters. The fraction of sp³-hybridized carbons (Fsp3) is 0.525. The standard InChI is InChI=1S/C40H55N5O/c1-5-6-20-35-43-37-38(33-18-15-16-19-34(33)42-39(37)41)44(35)28-31-22-24-32(25-23-31)29-45-36(46)21-14-12-10-8-7-9-11-13-17-30(2)26-27-40(45,3)4/h15-19,22-25H,5-14,20-21,26-29H2,1-4H3,(H2,41,42)/b30-17+. The van der Waals surface area contributed by atoms with Gasteiger partial charge in [0.25, 0.3) is 0 Å². The highest BCUT2D eigenvalue weighted by molar-refractivity contribution is 6.06. The van der Waals surface area contributed by atoms with Gasteiger partial charge in [-0.15, -0.1) is 0 Å². The molecule has 6 nitrogen and oxygen atoms in total. The summed E-state index contributed by atoms with van der Waals surface area (Å²) in [5.74, 6) is 1.83. The van der Waals surface area contributed by atoms with E-state index in [4.69, 9.17) is 10.7 Å². The Kier molecular flexibility index (Phi) is 11.5. The van der Waals surface area contributed by atoms with Crippen molar-refractivity contribution in [2.75, 3.05) is 5.73 Å². The van der Waals surface area contributed by atoms with Crippen LogP contribution in [0.2, 0.25) is 0 Å². The van der Waals surface area contributed by atoms with Gasteiger partial charge in [-0.05, 0) is 76.5 Å². The number of carbonyl (C=O) groups is 1. The molecule has 2 aromatic heterocycles. The summed E-state index contributed by atoms with van der Waals surface area (Å²) in [6, 6.07) is 17.1. The summed E-state index contributed by atoms with van der Waals surface area (Å²) in [4.78, 5) is 25.6. The van der Waals surface area contributed by atoms with Gasteiger partial charge in [-0.1, -0.05) is 99.6 Å². The molecular weight excluding hydrogens is 566 g/mol. The number of allylic oxidation sites excluding steroid dienone is 2. The van der Waals surface area contributed by atoms with E-state index in [1.165, 1.54) is 55.2 Å². The molecule has 0 fully saturated rings. The minimum atomic E-state index is -0.221. The molecular formula is C40H55N5O. The summed E-state index contributed by atoms with van der Waals surface area (Å²) in [7, 11) is 0. The lowest BCUT2D eigenvalue weighted by Gasteiger charge is -2.39. The molecule has 46 heavy (non-hydrogen) atoms. The smallest absolute Gasteiger partial charge is 0.223 e. The van der Waals surface area contributed by atoms with Gasteiger partial charge < -0.3 is 15.2 Å². The van der Waals surface area contributed by atoms with Crippen molar-refractivity contribution in [3.8, 4) is 0 Å². The highest BCUT2D eigenvalue weighted by atomic mass is 16.2. The number of rotatable bonds is 7. The molecule has 0 saturated carbocycles. The first-order valence-electron chi connectivity index (χ1n) is 17.8. The topological polar surface area (TPSA) is 77.0 Å². The molecule has 0 radical (unpaired) electrons. The van der Waals surface area contributed by atoms with Gasteiger partial charge in [0.1, 0.15) is 11.3 Å². The van der Waals surface area contributed by atoms with E-state index in [0.29, 0.717) is 25.3 Å². The summed E-state index contributed by atoms with van der Waals surface area (Å²) in [6.45, 7) is 10.3. The number of anilines is 1. The normalized spacial score (nSPS) is 18.6. The number of hydrogen-bond donors (Lipinski definition) is 1. The van der Waals surface area contributed by atoms with E-state index in [9.17, 15) is 4.79 Å². The highest BCUT2D eigenvalue weighted by Crippen LogP contribution is 2.31. The number of aryl methyl sites for hydroxylation is 1. The number of para-hydroxylation sites is 1. The summed E-state index contributed by atoms with van der Waals surface area (Å²) < 4.78 is 2.34. The van der Waals surface area contributed by atoms with Gasteiger partial charge in [-0.25, -0.2) is 9.97 Å². The molecule has 0 unspecified atom stereocenters. The molecule has 4 aromatic rings. The predicted octanol–water partition coefficient (Wildman–Crippen LogP) is 9.92. The summed E-state index contributed by atoms with van der Waals surface area (Å²) >= 11 is 0. The summed E-state index contributed by atoms with van der Waals surface area (Å²) in [5, 5.41) is 1.08. The summed E-state index contributed by atoms with van der Waals surface area (Å²) in [5.41, 5.74) is 12.8. The van der Waals surface area contributed by atoms with Gasteiger partial charge >= 0.3 is 0 Å². The van der Waals surface area contributed by atoms with E-state index in [2.05, 4.69) is 84.6 Å². The Morgan fingerprint density at radius 2 is 1.52 bits per heavy atom. The Hall–Kier alpha value is -3.67. The number of nitrogens with zero attached hydrogens (tertiary/aromatic N) is 4. The number of imidazole rings is 1. The Labute approximate surface area is 276 Å². The van der Waals surface area contributed by atoms with Gasteiger partial charge in [-0.2, -0.15) is 0 Å². The van der Waals surface area contributed by atoms with E-state index >= 15 is 0 Å². The number of benzene rings is 2. The van der Waals surface area contributed by atoms with Crippen molar-refractivity contribution in [2.24, 2.45) is 0 Å². The van der Waals surface area contributed by atoms with Gasteiger partial charge in [0.15, 0.2) is 5.82 Å². The maximum Gasteiger partial charge on any atom is 0.223 e. The Morgan fingerprint density at radius 1 is 0.848 bits per heavy atom. The lowest BCUT2D eigenvalue weighted by molar-refractivity contribution is -0.137. The van der Waals surface area contributed by atoms with Crippen LogP contribution >= 0.6 is 0 Å². The maximum absolute atomic E-state index is 13.8. The zero-order valence-corrected chi connectivity index (χ0v) is 28.8. The van der Waals surface area contributed by atoms with Crippen LogP contribution in [0.25, 0.3) is 21.9 Å². The average molecular weight is 622 g/mol. The van der Waals surface area contributed by atoms with Crippen LogP contribution in [0.1, 0.15) is 128 Å². The number of pyridine rings is 1. The maximum atomic E-state index is 13.8. The number of nitrogens with two attached hydrogens (primary N) is 1. The van der Waals surface area contributed by atoms with E-state index in [1.54, 1.807) is 0 Å². The number of hydrogen-bond acceptors (Lipinski definition) is 4. The first-order chi connectivity index (χ1) is 22.3. The zero-order chi connectivity index (χ0) is 32.5. The molecule has 2 N–H and O–H groups in total. The van der Waals surface area contributed by atoms with Gasteiger partial charge in [0.05, 0.1) is 11.0 Å². The molecule has 1 aliphatic heterocycles. The van der Waals surface area contributed by atoms with Crippen LogP contribution < -0.4 is 5.73 Å². The van der Waals surface area contributed by atoms with Gasteiger partial charge in [-0.3, -0.25) is 4.79 Å². The molecule has 5 rings (SSSR count). The predicted molar refractivity (Wildman–Crippen MR) is 193 cm³/mol. The molecule has 2 aromatic carbocycles. The van der Waals surface area contributed by atoms with Crippen LogP contribution in [0.15, 0.2) is 60.2 Å². The van der Waals surface area contributed by atoms with Crippen molar-refractivity contribution in [3.05, 3.63) is 77.1 Å². The van der Waals surface area contributed by atoms with Crippen LogP contribution in [0.5, 0.6) is 0 Å². The number of amides is 1. The largest absolute Gasteiger partial charge is 0.382 e. The second kappa shape index (κ2) is 15.8. The third-order valence-corrected chi connectivity index (χ3v) is 9.90. The average Bonchev–Trinajstić information content (AvgIpc) is 3.41. The van der Waals surface area contributed by atoms with Crippen LogP contribution in [0, 0.1) is 0 Å². The van der Waals surface area contributed by atoms with E-state index in [0.717, 1.165) is 72.7 Å². The lowest BCUT2D eigenvalue weighted by atomic mass is 9.91. The van der Waals surface area contributed by atoms with E-state index in [-0.39, 0.29) is 11.4 Å². The minimum Gasteiger partial charge on any atom is -0.382 e. The van der Waals surface area contributed by atoms with Crippen molar-refractivity contribution in [2.45, 2.75) is 136 Å². The summed E-state index contributed by atoms with van der Waals surface area (Å²) in [6.07, 6.45) is 17.9. The van der Waals surface area contributed by atoms with Crippen LogP contribution in [-0.4, -0.2) is 30.9 Å². The van der Waals surface area contributed by atoms with Crippen LogP contribution in [-0.2, 0) is 24.3 Å². The highest BCUT2D eigenvalue weighted by Gasteiger charge is 2.30. The van der Waals surface area contributed by atoms with Crippen molar-refractivity contribution < 1.29 is 4.79 Å². The number of aromatic nitrogens is 3. The molecule has 6 heteroatoms. The molecule has 0 bridgehead atoms. The van der Waals surface area contributed by atoms with Crippen molar-refractivity contribution in [1.29, 1.82) is 0 Å². The second-order valence-electron chi connectivity index (χ2n) is 14.1. The van der Waals surface area contributed by atoms with Crippen molar-refractivity contribution >= 4 is 33.7 Å². The first kappa shape index (κ1) is 33.7. The minimum absolute atomic E-state index is 0.221. The number of carbonyl (C=O) groups excluding carboxylic acids is 1.